The third-order valence-electron chi connectivity index (χ3n) is 5.31. The van der Waals surface area contributed by atoms with Gasteiger partial charge in [0, 0.05) is 24.9 Å². The maximum absolute atomic E-state index is 12.4. The Morgan fingerprint density at radius 1 is 0.964 bits per heavy atom. The number of nitrogens with one attached hydrogen (secondary N) is 2. The van der Waals surface area contributed by atoms with Gasteiger partial charge in [-0.05, 0) is 55.7 Å². The molecule has 1 saturated carbocycles. The highest BCUT2D eigenvalue weighted by molar-refractivity contribution is 5.81. The van der Waals surface area contributed by atoms with E-state index in [2.05, 4.69) is 24.5 Å². The summed E-state index contributed by atoms with van der Waals surface area (Å²) in [6.45, 7) is 5.48. The van der Waals surface area contributed by atoms with Crippen LogP contribution in [-0.4, -0.2) is 39.1 Å². The van der Waals surface area contributed by atoms with Crippen molar-refractivity contribution < 1.29 is 19.1 Å². The Labute approximate surface area is 168 Å². The summed E-state index contributed by atoms with van der Waals surface area (Å²) in [5.74, 6) is 2.15. The Morgan fingerprint density at radius 2 is 1.54 bits per heavy atom. The van der Waals surface area contributed by atoms with E-state index in [-0.39, 0.29) is 23.7 Å². The first-order valence-electron chi connectivity index (χ1n) is 10.2. The number of benzene rings is 1. The van der Waals surface area contributed by atoms with E-state index in [1.54, 1.807) is 14.2 Å². The fourth-order valence-corrected chi connectivity index (χ4v) is 3.58. The molecule has 1 fully saturated rings. The molecule has 156 valence electrons. The summed E-state index contributed by atoms with van der Waals surface area (Å²) in [5.41, 5.74) is 1.09. The van der Waals surface area contributed by atoms with E-state index in [9.17, 15) is 9.59 Å². The number of carbonyl (C=O) groups is 2. The predicted octanol–water partition coefficient (Wildman–Crippen LogP) is 2.94. The van der Waals surface area contributed by atoms with E-state index in [0.29, 0.717) is 24.0 Å². The number of hydrogen-bond donors (Lipinski definition) is 2. The third kappa shape index (κ3) is 6.43. The molecule has 0 heterocycles. The second-order valence-corrected chi connectivity index (χ2v) is 7.92. The van der Waals surface area contributed by atoms with Gasteiger partial charge in [-0.1, -0.05) is 19.9 Å². The van der Waals surface area contributed by atoms with Crippen molar-refractivity contribution in [3.63, 3.8) is 0 Å². The molecule has 0 aliphatic heterocycles. The fourth-order valence-electron chi connectivity index (χ4n) is 3.58. The molecule has 1 aromatic rings. The molecule has 0 unspecified atom stereocenters. The van der Waals surface area contributed by atoms with Crippen LogP contribution in [0.3, 0.4) is 0 Å². The molecule has 6 heteroatoms. The van der Waals surface area contributed by atoms with Crippen molar-refractivity contribution in [3.8, 4) is 11.5 Å². The molecule has 2 N–H and O–H groups in total. The first-order chi connectivity index (χ1) is 13.4. The second kappa shape index (κ2) is 10.9. The Kier molecular flexibility index (Phi) is 8.61. The highest BCUT2D eigenvalue weighted by Gasteiger charge is 2.29. The van der Waals surface area contributed by atoms with Crippen molar-refractivity contribution in [1.82, 2.24) is 10.6 Å². The molecule has 0 radical (unpaired) electrons. The van der Waals surface area contributed by atoms with Crippen molar-refractivity contribution in [3.05, 3.63) is 23.8 Å². The van der Waals surface area contributed by atoms with Crippen molar-refractivity contribution in [2.75, 3.05) is 27.3 Å². The molecule has 2 rings (SSSR count). The van der Waals surface area contributed by atoms with Gasteiger partial charge in [-0.15, -0.1) is 0 Å². The lowest BCUT2D eigenvalue weighted by molar-refractivity contribution is -0.130. The van der Waals surface area contributed by atoms with Crippen LogP contribution in [0.15, 0.2) is 18.2 Å². The first-order valence-corrected chi connectivity index (χ1v) is 10.2. The zero-order chi connectivity index (χ0) is 20.5. The van der Waals surface area contributed by atoms with Crippen LogP contribution in [0.1, 0.15) is 45.1 Å². The van der Waals surface area contributed by atoms with Gasteiger partial charge < -0.3 is 20.1 Å². The number of rotatable bonds is 9. The Morgan fingerprint density at radius 3 is 2.07 bits per heavy atom. The molecule has 1 aliphatic carbocycles. The molecule has 0 bridgehead atoms. The van der Waals surface area contributed by atoms with Gasteiger partial charge in [0.25, 0.3) is 0 Å². The van der Waals surface area contributed by atoms with Gasteiger partial charge in [0.15, 0.2) is 11.5 Å². The van der Waals surface area contributed by atoms with Crippen LogP contribution in [0, 0.1) is 17.8 Å². The Balaban J connectivity index is 1.72. The topological polar surface area (TPSA) is 76.7 Å². The Hall–Kier alpha value is -2.24. The summed E-state index contributed by atoms with van der Waals surface area (Å²) < 4.78 is 10.6. The minimum atomic E-state index is 0.0135. The van der Waals surface area contributed by atoms with E-state index in [4.69, 9.17) is 9.47 Å². The van der Waals surface area contributed by atoms with E-state index in [1.807, 2.05) is 18.2 Å². The van der Waals surface area contributed by atoms with Crippen molar-refractivity contribution in [2.45, 2.75) is 46.0 Å². The summed E-state index contributed by atoms with van der Waals surface area (Å²) >= 11 is 0. The van der Waals surface area contributed by atoms with Gasteiger partial charge in [-0.25, -0.2) is 0 Å². The van der Waals surface area contributed by atoms with Crippen LogP contribution in [-0.2, 0) is 16.0 Å². The normalized spacial score (nSPS) is 19.2. The number of methoxy groups -OCH3 is 2. The fraction of sp³-hybridized carbons (Fsp3) is 0.636. The molecular formula is C22H34N2O4. The SMILES string of the molecule is COc1ccc(CCNC(=O)C2CCC(C(=O)NCC(C)C)CC2)cc1OC. The number of ether oxygens (including phenoxy) is 2. The smallest absolute Gasteiger partial charge is 0.223 e. The largest absolute Gasteiger partial charge is 0.493 e. The summed E-state index contributed by atoms with van der Waals surface area (Å²) in [5, 5.41) is 6.05. The third-order valence-corrected chi connectivity index (χ3v) is 5.31. The monoisotopic (exact) mass is 390 g/mol. The lowest BCUT2D eigenvalue weighted by Gasteiger charge is -2.27. The van der Waals surface area contributed by atoms with Gasteiger partial charge in [0.1, 0.15) is 0 Å². The average Bonchev–Trinajstić information content (AvgIpc) is 2.71. The highest BCUT2D eigenvalue weighted by Crippen LogP contribution is 2.29. The predicted molar refractivity (Wildman–Crippen MR) is 110 cm³/mol. The minimum absolute atomic E-state index is 0.0135. The maximum Gasteiger partial charge on any atom is 0.223 e. The molecule has 0 aromatic heterocycles. The molecule has 6 nitrogen and oxygen atoms in total. The first kappa shape index (κ1) is 22.1. The van der Waals surface area contributed by atoms with Crippen LogP contribution in [0.4, 0.5) is 0 Å². The van der Waals surface area contributed by atoms with Gasteiger partial charge in [0.2, 0.25) is 11.8 Å². The molecule has 28 heavy (non-hydrogen) atoms. The van der Waals surface area contributed by atoms with Crippen molar-refractivity contribution >= 4 is 11.8 Å². The number of carbonyl (C=O) groups excluding carboxylic acids is 2. The maximum atomic E-state index is 12.4. The second-order valence-electron chi connectivity index (χ2n) is 7.92. The van der Waals surface area contributed by atoms with Gasteiger partial charge in [-0.2, -0.15) is 0 Å². The van der Waals surface area contributed by atoms with Crippen LogP contribution in [0.5, 0.6) is 11.5 Å². The molecule has 0 spiro atoms. The summed E-state index contributed by atoms with van der Waals surface area (Å²) in [6, 6.07) is 5.79. The van der Waals surface area contributed by atoms with Crippen LogP contribution >= 0.6 is 0 Å². The molecule has 0 atom stereocenters. The van der Waals surface area contributed by atoms with Gasteiger partial charge >= 0.3 is 0 Å². The zero-order valence-corrected chi connectivity index (χ0v) is 17.5. The van der Waals surface area contributed by atoms with E-state index in [0.717, 1.165) is 44.2 Å². The Bertz CT molecular complexity index is 652. The number of amides is 2. The standard InChI is InChI=1S/C22H34N2O4/c1-15(2)14-24-22(26)18-8-6-17(7-9-18)21(25)23-12-11-16-5-10-19(27-3)20(13-16)28-4/h5,10,13,15,17-18H,6-9,11-12,14H2,1-4H3,(H,23,25)(H,24,26). The van der Waals surface area contributed by atoms with E-state index in [1.165, 1.54) is 0 Å². The van der Waals surface area contributed by atoms with E-state index >= 15 is 0 Å². The lowest BCUT2D eigenvalue weighted by atomic mass is 9.81. The van der Waals surface area contributed by atoms with Crippen molar-refractivity contribution in [2.24, 2.45) is 17.8 Å². The number of hydrogen-bond acceptors (Lipinski definition) is 4. The van der Waals surface area contributed by atoms with Gasteiger partial charge in [-0.3, -0.25) is 9.59 Å². The quantitative estimate of drug-likeness (QED) is 0.680. The summed E-state index contributed by atoms with van der Waals surface area (Å²) in [6.07, 6.45) is 3.87. The molecule has 0 saturated heterocycles. The molecular weight excluding hydrogens is 356 g/mol. The van der Waals surface area contributed by atoms with Crippen LogP contribution in [0.25, 0.3) is 0 Å². The average molecular weight is 391 g/mol. The molecule has 1 aromatic carbocycles. The molecule has 1 aliphatic rings. The minimum Gasteiger partial charge on any atom is -0.493 e. The van der Waals surface area contributed by atoms with Crippen molar-refractivity contribution in [1.29, 1.82) is 0 Å². The van der Waals surface area contributed by atoms with Crippen LogP contribution < -0.4 is 20.1 Å². The van der Waals surface area contributed by atoms with Crippen LogP contribution in [0.2, 0.25) is 0 Å². The molecule has 2 amide bonds. The highest BCUT2D eigenvalue weighted by atomic mass is 16.5. The summed E-state index contributed by atoms with van der Waals surface area (Å²) in [7, 11) is 3.23. The summed E-state index contributed by atoms with van der Waals surface area (Å²) in [4.78, 5) is 24.6. The lowest BCUT2D eigenvalue weighted by Crippen LogP contribution is -2.38. The zero-order valence-electron chi connectivity index (χ0n) is 17.5. The van der Waals surface area contributed by atoms with Gasteiger partial charge in [0.05, 0.1) is 14.2 Å². The van der Waals surface area contributed by atoms with E-state index < -0.39 is 0 Å².